The van der Waals surface area contributed by atoms with Crippen LogP contribution in [0.3, 0.4) is 0 Å². The van der Waals surface area contributed by atoms with E-state index in [0.717, 1.165) is 11.3 Å². The summed E-state index contributed by atoms with van der Waals surface area (Å²) in [7, 11) is 3.01. The molecule has 9 heteroatoms. The molecule has 2 aromatic heterocycles. The average molecular weight is 512 g/mol. The van der Waals surface area contributed by atoms with Gasteiger partial charge in [-0.15, -0.1) is 0 Å². The number of rotatable bonds is 7. The number of hydrogen-bond donors (Lipinski definition) is 2. The van der Waals surface area contributed by atoms with E-state index >= 15 is 4.39 Å². The Labute approximate surface area is 213 Å². The molecule has 4 aromatic rings. The third-order valence-corrected chi connectivity index (χ3v) is 7.85. The van der Waals surface area contributed by atoms with Crippen molar-refractivity contribution in [3.8, 4) is 11.4 Å². The van der Waals surface area contributed by atoms with Crippen molar-refractivity contribution in [2.24, 2.45) is 5.41 Å². The van der Waals surface area contributed by atoms with Crippen LogP contribution in [-0.4, -0.2) is 46.7 Å². The molecule has 0 spiro atoms. The molecule has 2 N–H and O–H groups in total. The lowest BCUT2D eigenvalue weighted by Gasteiger charge is -2.30. The third-order valence-electron chi connectivity index (χ3n) is 7.85. The number of methoxy groups -OCH3 is 2. The second-order valence-electron chi connectivity index (χ2n) is 11.0. The Morgan fingerprint density at radius 2 is 2.05 bits per heavy atom. The van der Waals surface area contributed by atoms with Crippen LogP contribution in [0.1, 0.15) is 57.2 Å². The summed E-state index contributed by atoms with van der Waals surface area (Å²) >= 11 is 0. The molecule has 2 aromatic carbocycles. The highest BCUT2D eigenvalue weighted by Crippen LogP contribution is 2.52. The maximum Gasteiger partial charge on any atom is 0.309 e. The molecule has 1 fully saturated rings. The Bertz CT molecular complexity index is 1520. The van der Waals surface area contributed by atoms with Crippen molar-refractivity contribution >= 4 is 27.8 Å². The van der Waals surface area contributed by atoms with Crippen LogP contribution in [0.15, 0.2) is 30.5 Å². The summed E-state index contributed by atoms with van der Waals surface area (Å²) in [6.45, 7) is 6.12. The van der Waals surface area contributed by atoms with E-state index in [1.165, 1.54) is 13.2 Å². The van der Waals surface area contributed by atoms with Gasteiger partial charge in [0.25, 0.3) is 0 Å². The number of H-pyrrole nitrogens is 1. The highest BCUT2D eigenvalue weighted by atomic mass is 19.1. The van der Waals surface area contributed by atoms with E-state index in [1.54, 1.807) is 32.4 Å². The second-order valence-corrected chi connectivity index (χ2v) is 11.0. The van der Waals surface area contributed by atoms with Crippen molar-refractivity contribution in [2.45, 2.75) is 51.4 Å². The van der Waals surface area contributed by atoms with E-state index in [2.05, 4.69) is 10.2 Å². The highest BCUT2D eigenvalue weighted by molar-refractivity contribution is 6.00. The van der Waals surface area contributed by atoms with Crippen molar-refractivity contribution in [1.82, 2.24) is 14.8 Å². The van der Waals surface area contributed by atoms with Gasteiger partial charge < -0.3 is 19.1 Å². The maximum absolute atomic E-state index is 16.3. The van der Waals surface area contributed by atoms with Crippen molar-refractivity contribution in [1.29, 1.82) is 0 Å². The van der Waals surface area contributed by atoms with Crippen molar-refractivity contribution in [3.05, 3.63) is 53.4 Å². The van der Waals surface area contributed by atoms with Crippen LogP contribution in [-0.2, 0) is 14.9 Å². The van der Waals surface area contributed by atoms with Crippen molar-refractivity contribution < 1.29 is 28.2 Å². The molecule has 5 rings (SSSR count). The zero-order valence-corrected chi connectivity index (χ0v) is 21.6. The number of benzene rings is 2. The molecule has 0 radical (unpaired) electrons. The normalized spacial score (nSPS) is 20.2. The monoisotopic (exact) mass is 511 g/mol. The first kappa shape index (κ1) is 25.2. The Morgan fingerprint density at radius 3 is 2.70 bits per heavy atom. The molecule has 196 valence electrons. The summed E-state index contributed by atoms with van der Waals surface area (Å²) < 4.78 is 43.6. The molecule has 1 aliphatic rings. The van der Waals surface area contributed by atoms with Gasteiger partial charge >= 0.3 is 5.97 Å². The number of hydrogen-bond acceptors (Lipinski definition) is 4. The summed E-state index contributed by atoms with van der Waals surface area (Å²) in [4.78, 5) is 12.1. The van der Waals surface area contributed by atoms with Crippen LogP contribution in [0, 0.1) is 17.0 Å². The lowest BCUT2D eigenvalue weighted by Crippen LogP contribution is -2.29. The van der Waals surface area contributed by atoms with Gasteiger partial charge in [-0.05, 0) is 55.9 Å². The van der Waals surface area contributed by atoms with Crippen LogP contribution in [0.5, 0.6) is 5.75 Å². The fraction of sp³-hybridized carbons (Fsp3) is 0.429. The van der Waals surface area contributed by atoms with Crippen molar-refractivity contribution in [2.75, 3.05) is 20.8 Å². The number of carboxylic acid groups (broad SMARTS) is 1. The molecule has 0 aliphatic heterocycles. The molecule has 0 bridgehead atoms. The molecule has 7 nitrogen and oxygen atoms in total. The number of aromatic amines is 1. The van der Waals surface area contributed by atoms with E-state index in [0.29, 0.717) is 47.8 Å². The van der Waals surface area contributed by atoms with E-state index < -0.39 is 28.4 Å². The summed E-state index contributed by atoms with van der Waals surface area (Å²) in [5.41, 5.74) is 1.54. The van der Waals surface area contributed by atoms with E-state index in [9.17, 15) is 14.3 Å². The molecule has 2 atom stereocenters. The molecular weight excluding hydrogens is 480 g/mol. The third kappa shape index (κ3) is 3.87. The quantitative estimate of drug-likeness (QED) is 0.314. The van der Waals surface area contributed by atoms with Crippen LogP contribution < -0.4 is 4.74 Å². The number of aliphatic carboxylic acids is 1. The van der Waals surface area contributed by atoms with Gasteiger partial charge in [0.05, 0.1) is 30.8 Å². The summed E-state index contributed by atoms with van der Waals surface area (Å²) in [6.07, 6.45) is 3.04. The number of fused-ring (bicyclic) bond motifs is 2. The Balaban J connectivity index is 1.93. The molecule has 37 heavy (non-hydrogen) atoms. The van der Waals surface area contributed by atoms with Gasteiger partial charge in [0.2, 0.25) is 0 Å². The highest BCUT2D eigenvalue weighted by Gasteiger charge is 2.45. The summed E-state index contributed by atoms with van der Waals surface area (Å²) in [5, 5.41) is 17.8. The van der Waals surface area contributed by atoms with Crippen LogP contribution in [0.4, 0.5) is 8.78 Å². The lowest BCUT2D eigenvalue weighted by molar-refractivity contribution is -0.147. The first-order valence-corrected chi connectivity index (χ1v) is 12.3. The fourth-order valence-corrected chi connectivity index (χ4v) is 6.06. The molecular formula is C28H31F2N3O4. The molecule has 0 unspecified atom stereocenters. The number of aromatic nitrogens is 3. The minimum absolute atomic E-state index is 0.0700. The van der Waals surface area contributed by atoms with E-state index in [-0.39, 0.29) is 17.2 Å². The second kappa shape index (κ2) is 8.83. The van der Waals surface area contributed by atoms with Gasteiger partial charge in [-0.2, -0.15) is 5.10 Å². The van der Waals surface area contributed by atoms with Gasteiger partial charge in [-0.1, -0.05) is 13.8 Å². The van der Waals surface area contributed by atoms with E-state index in [4.69, 9.17) is 9.47 Å². The molecule has 1 aliphatic carbocycles. The minimum atomic E-state index is -0.907. The van der Waals surface area contributed by atoms with Gasteiger partial charge in [0, 0.05) is 40.7 Å². The Kier molecular flexibility index (Phi) is 6.02. The first-order valence-electron chi connectivity index (χ1n) is 12.3. The van der Waals surface area contributed by atoms with Gasteiger partial charge in [-0.25, -0.2) is 8.78 Å². The SMILES string of the molecule is COCC(C)(C)c1c([C@@H]2CC[C@@](C)(C(=O)O)C2)c2c(F)c3[nH]ncc3cc2n1-c1ccc(F)c(OC)c1. The maximum atomic E-state index is 16.3. The van der Waals surface area contributed by atoms with Crippen LogP contribution >= 0.6 is 0 Å². The predicted octanol–water partition coefficient (Wildman–Crippen LogP) is 6.08. The average Bonchev–Trinajstić information content (AvgIpc) is 3.56. The Hall–Kier alpha value is -3.46. The van der Waals surface area contributed by atoms with Crippen molar-refractivity contribution in [3.63, 3.8) is 0 Å². The van der Waals surface area contributed by atoms with E-state index in [1.807, 2.05) is 24.5 Å². The number of nitrogens with one attached hydrogen (secondary N) is 1. The zero-order valence-electron chi connectivity index (χ0n) is 21.6. The minimum Gasteiger partial charge on any atom is -0.494 e. The Morgan fingerprint density at radius 1 is 1.30 bits per heavy atom. The molecule has 1 saturated carbocycles. The van der Waals surface area contributed by atoms with Crippen LogP contribution in [0.25, 0.3) is 27.5 Å². The first-order chi connectivity index (χ1) is 17.5. The van der Waals surface area contributed by atoms with Crippen LogP contribution in [0.2, 0.25) is 0 Å². The smallest absolute Gasteiger partial charge is 0.309 e. The van der Waals surface area contributed by atoms with Gasteiger partial charge in [-0.3, -0.25) is 9.89 Å². The number of carboxylic acids is 1. The summed E-state index contributed by atoms with van der Waals surface area (Å²) in [5.74, 6) is -1.92. The summed E-state index contributed by atoms with van der Waals surface area (Å²) in [6, 6.07) is 6.43. The largest absolute Gasteiger partial charge is 0.494 e. The number of halogens is 2. The van der Waals surface area contributed by atoms with Gasteiger partial charge in [0.15, 0.2) is 17.4 Å². The zero-order chi connectivity index (χ0) is 26.7. The fourth-order valence-electron chi connectivity index (χ4n) is 6.06. The topological polar surface area (TPSA) is 89.4 Å². The number of carbonyl (C=O) groups is 1. The van der Waals surface area contributed by atoms with Gasteiger partial charge in [0.1, 0.15) is 5.52 Å². The number of ether oxygens (including phenoxy) is 2. The molecule has 0 amide bonds. The standard InChI is InChI=1S/C28H31F2N3O4/c1-27(2,14-36-4)25-21(15-8-9-28(3,12-15)26(34)35)22-19(10-16-13-31-32-24(16)23(22)30)33(25)17-6-7-18(29)20(11-17)37-5/h6-7,10-11,13,15H,8-9,12,14H2,1-5H3,(H,31,32)(H,34,35)/t15-,28-/m1/s1. The predicted molar refractivity (Wildman–Crippen MR) is 137 cm³/mol. The molecule has 2 heterocycles. The number of nitrogens with zero attached hydrogens (tertiary/aromatic N) is 2. The molecule has 0 saturated heterocycles. The lowest BCUT2D eigenvalue weighted by atomic mass is 9.80.